The molecule has 0 aromatic carbocycles. The fraction of sp³-hybridized carbons (Fsp3) is 0.429. The Labute approximate surface area is 209 Å². The number of aliphatic hydroxyl groups is 4. The molecular weight excluding hydrogens is 464 g/mol. The van der Waals surface area contributed by atoms with Gasteiger partial charge in [-0.25, -0.2) is 0 Å². The van der Waals surface area contributed by atoms with E-state index < -0.39 is 74.1 Å². The molecule has 6 atom stereocenters. The van der Waals surface area contributed by atoms with Gasteiger partial charge in [-0.3, -0.25) is 19.2 Å². The number of carbonyl (C=O) groups excluding carboxylic acids is 4. The Hall–Kier alpha value is -3.36. The molecular formula is C28H32O8. The first kappa shape index (κ1) is 27.2. The van der Waals surface area contributed by atoms with Crippen LogP contribution in [0.5, 0.6) is 0 Å². The van der Waals surface area contributed by atoms with E-state index in [2.05, 4.69) is 0 Å². The van der Waals surface area contributed by atoms with E-state index in [-0.39, 0.29) is 5.57 Å². The molecule has 0 radical (unpaired) electrons. The van der Waals surface area contributed by atoms with Gasteiger partial charge >= 0.3 is 0 Å². The van der Waals surface area contributed by atoms with E-state index in [0.29, 0.717) is 0 Å². The monoisotopic (exact) mass is 496 g/mol. The molecule has 0 heterocycles. The van der Waals surface area contributed by atoms with Gasteiger partial charge in [0.1, 0.15) is 33.6 Å². The standard InChI is InChI=1S/C28H32O8/c1-7-9-11-13-16(29)18-19-20-27(6,36)21(31)15(3)22(32)28(20,17(30)14-12-10-8-2)25(4,23(18)33)24(34)26(19,5)35/h7-14,19-20,29,31,35-36H,1-6H3/b9-7+,10-8+,13-11+,14-12+,18-16+/t19-,20+,25-,26+,27+,28+/m1/s1. The summed E-state index contributed by atoms with van der Waals surface area (Å²) in [7, 11) is 0. The molecule has 4 aliphatic rings. The lowest BCUT2D eigenvalue weighted by Gasteiger charge is -2.66. The van der Waals surface area contributed by atoms with E-state index in [1.165, 1.54) is 38.2 Å². The summed E-state index contributed by atoms with van der Waals surface area (Å²) in [6, 6.07) is 0. The first-order valence-electron chi connectivity index (χ1n) is 11.7. The second-order valence-corrected chi connectivity index (χ2v) is 10.1. The number of Topliss-reactive ketones (excluding diaryl/α,β-unsaturated/α-hetero) is 3. The average molecular weight is 497 g/mol. The Kier molecular flexibility index (Phi) is 6.53. The van der Waals surface area contributed by atoms with E-state index >= 15 is 0 Å². The second kappa shape index (κ2) is 8.64. The van der Waals surface area contributed by atoms with Crippen LogP contribution in [0.25, 0.3) is 0 Å². The summed E-state index contributed by atoms with van der Waals surface area (Å²) in [6.07, 6.45) is 11.4. The van der Waals surface area contributed by atoms with Gasteiger partial charge in [0.2, 0.25) is 0 Å². The summed E-state index contributed by atoms with van der Waals surface area (Å²) >= 11 is 0. The predicted molar refractivity (Wildman–Crippen MR) is 132 cm³/mol. The third-order valence-corrected chi connectivity index (χ3v) is 8.03. The van der Waals surface area contributed by atoms with Crippen LogP contribution < -0.4 is 0 Å². The largest absolute Gasteiger partial charge is 0.509 e. The molecule has 0 saturated heterocycles. The molecule has 3 fully saturated rings. The fourth-order valence-electron chi connectivity index (χ4n) is 6.42. The summed E-state index contributed by atoms with van der Waals surface area (Å²) < 4.78 is 0. The van der Waals surface area contributed by atoms with Crippen LogP contribution in [0.3, 0.4) is 0 Å². The quantitative estimate of drug-likeness (QED) is 0.196. The lowest BCUT2D eigenvalue weighted by molar-refractivity contribution is -0.222. The number of allylic oxidation sites excluding steroid dienone is 9. The van der Waals surface area contributed by atoms with Crippen LogP contribution >= 0.6 is 0 Å². The van der Waals surface area contributed by atoms with Crippen LogP contribution in [-0.2, 0) is 19.2 Å². The van der Waals surface area contributed by atoms with Crippen LogP contribution in [0.15, 0.2) is 71.3 Å². The van der Waals surface area contributed by atoms with Crippen LogP contribution in [0.4, 0.5) is 0 Å². The number of rotatable bonds is 5. The highest BCUT2D eigenvalue weighted by Crippen LogP contribution is 2.70. The maximum absolute atomic E-state index is 14.0. The summed E-state index contributed by atoms with van der Waals surface area (Å²) in [5, 5.41) is 44.9. The lowest BCUT2D eigenvalue weighted by atomic mass is 9.32. The van der Waals surface area contributed by atoms with Crippen molar-refractivity contribution in [2.45, 2.75) is 52.7 Å². The first-order chi connectivity index (χ1) is 16.6. The Morgan fingerprint density at radius 2 is 1.39 bits per heavy atom. The van der Waals surface area contributed by atoms with Crippen molar-refractivity contribution < 1.29 is 39.6 Å². The van der Waals surface area contributed by atoms with Crippen molar-refractivity contribution in [2.24, 2.45) is 22.7 Å². The third-order valence-electron chi connectivity index (χ3n) is 8.03. The van der Waals surface area contributed by atoms with Gasteiger partial charge < -0.3 is 20.4 Å². The molecule has 0 spiro atoms. The van der Waals surface area contributed by atoms with E-state index in [9.17, 15) is 39.6 Å². The maximum atomic E-state index is 14.0. The fourth-order valence-corrected chi connectivity index (χ4v) is 6.42. The molecule has 0 amide bonds. The third kappa shape index (κ3) is 3.07. The van der Waals surface area contributed by atoms with Gasteiger partial charge in [0.25, 0.3) is 0 Å². The molecule has 2 bridgehead atoms. The number of hydrogen-bond donors (Lipinski definition) is 4. The average Bonchev–Trinajstić information content (AvgIpc) is 2.81. The number of aliphatic hydroxyl groups excluding tert-OH is 2. The molecule has 4 aliphatic carbocycles. The van der Waals surface area contributed by atoms with Crippen molar-refractivity contribution in [2.75, 3.05) is 0 Å². The highest BCUT2D eigenvalue weighted by molar-refractivity contribution is 6.33. The molecule has 192 valence electrons. The molecule has 3 saturated carbocycles. The summed E-state index contributed by atoms with van der Waals surface area (Å²) in [4.78, 5) is 55.7. The molecule has 36 heavy (non-hydrogen) atoms. The van der Waals surface area contributed by atoms with Crippen molar-refractivity contribution in [3.63, 3.8) is 0 Å². The van der Waals surface area contributed by atoms with Gasteiger partial charge in [-0.15, -0.1) is 0 Å². The molecule has 0 aromatic heterocycles. The minimum atomic E-state index is -2.49. The zero-order valence-electron chi connectivity index (χ0n) is 21.2. The van der Waals surface area contributed by atoms with Crippen LogP contribution in [0, 0.1) is 22.7 Å². The van der Waals surface area contributed by atoms with E-state index in [1.807, 2.05) is 0 Å². The predicted octanol–water partition coefficient (Wildman–Crippen LogP) is 2.94. The van der Waals surface area contributed by atoms with Crippen molar-refractivity contribution in [3.05, 3.63) is 71.3 Å². The van der Waals surface area contributed by atoms with E-state index in [0.717, 1.165) is 19.9 Å². The van der Waals surface area contributed by atoms with E-state index in [1.54, 1.807) is 32.1 Å². The minimum Gasteiger partial charge on any atom is -0.509 e. The summed E-state index contributed by atoms with van der Waals surface area (Å²) in [5.41, 5.74) is -10.4. The lowest BCUT2D eigenvalue weighted by Crippen LogP contribution is -2.82. The first-order valence-corrected chi connectivity index (χ1v) is 11.7. The smallest absolute Gasteiger partial charge is 0.179 e. The summed E-state index contributed by atoms with van der Waals surface area (Å²) in [6.45, 7) is 8.03. The number of carbonyl (C=O) groups is 4. The molecule has 0 aliphatic heterocycles. The SMILES string of the molecule is C/C=C/C=C/C(=O)[C@@]12C(=O)C(C)=C(O)[C@@](C)(O)[C@@H]1[C@H]1/C(=C(O)/C=C/C=C/C)C(=O)[C@]2(C)C(=O)[C@@]1(C)O. The Bertz CT molecular complexity index is 1240. The van der Waals surface area contributed by atoms with Gasteiger partial charge in [-0.05, 0) is 53.7 Å². The molecule has 4 rings (SSSR count). The highest BCUT2D eigenvalue weighted by Gasteiger charge is 2.85. The molecule has 4 N–H and O–H groups in total. The normalized spacial score (nSPS) is 40.4. The van der Waals surface area contributed by atoms with Gasteiger partial charge in [-0.1, -0.05) is 36.5 Å². The van der Waals surface area contributed by atoms with E-state index in [4.69, 9.17) is 0 Å². The summed E-state index contributed by atoms with van der Waals surface area (Å²) in [5.74, 6) is -8.63. The van der Waals surface area contributed by atoms with Gasteiger partial charge in [0, 0.05) is 23.0 Å². The Morgan fingerprint density at radius 3 is 1.92 bits per heavy atom. The van der Waals surface area contributed by atoms with Crippen molar-refractivity contribution >= 4 is 23.1 Å². The molecule has 0 unspecified atom stereocenters. The number of fused-ring (bicyclic) bond motifs is 2. The molecule has 8 heteroatoms. The number of hydrogen-bond acceptors (Lipinski definition) is 8. The Morgan fingerprint density at radius 1 is 0.861 bits per heavy atom. The van der Waals surface area contributed by atoms with Gasteiger partial charge in [0.15, 0.2) is 23.1 Å². The topological polar surface area (TPSA) is 149 Å². The van der Waals surface area contributed by atoms with Crippen molar-refractivity contribution in [1.29, 1.82) is 0 Å². The minimum absolute atomic E-state index is 0.360. The highest BCUT2D eigenvalue weighted by atomic mass is 16.3. The van der Waals surface area contributed by atoms with Crippen molar-refractivity contribution in [1.82, 2.24) is 0 Å². The van der Waals surface area contributed by atoms with Gasteiger partial charge in [-0.2, -0.15) is 0 Å². The molecule has 8 nitrogen and oxygen atoms in total. The van der Waals surface area contributed by atoms with Crippen LogP contribution in [0.1, 0.15) is 41.5 Å². The van der Waals surface area contributed by atoms with Crippen molar-refractivity contribution in [3.8, 4) is 0 Å². The maximum Gasteiger partial charge on any atom is 0.179 e. The van der Waals surface area contributed by atoms with Crippen LogP contribution in [0.2, 0.25) is 0 Å². The molecule has 0 aromatic rings. The zero-order chi connectivity index (χ0) is 27.4. The second-order valence-electron chi connectivity index (χ2n) is 10.1. The zero-order valence-corrected chi connectivity index (χ0v) is 21.2. The van der Waals surface area contributed by atoms with Crippen LogP contribution in [-0.4, -0.2) is 54.8 Å². The Balaban J connectivity index is 2.56. The number of ketones is 4. The van der Waals surface area contributed by atoms with Gasteiger partial charge in [0.05, 0.1) is 0 Å².